The number of hydrogen-bond acceptors (Lipinski definition) is 4. The molecule has 0 aromatic heterocycles. The van der Waals surface area contributed by atoms with Crippen LogP contribution in [0.5, 0.6) is 0 Å². The lowest BCUT2D eigenvalue weighted by atomic mass is 9.55. The van der Waals surface area contributed by atoms with Gasteiger partial charge in [-0.15, -0.1) is 0 Å². The highest BCUT2D eigenvalue weighted by molar-refractivity contribution is 5.75. The maximum Gasteiger partial charge on any atom is 0.310 e. The molecular weight excluding hydrogens is 362 g/mol. The first-order valence-electron chi connectivity index (χ1n) is 11.1. The number of allylic oxidation sites excluding steroid dienone is 1. The molecule has 2 saturated carbocycles. The van der Waals surface area contributed by atoms with Gasteiger partial charge in [0.15, 0.2) is 0 Å². The molecule has 3 fully saturated rings. The molecule has 29 heavy (non-hydrogen) atoms. The predicted octanol–water partition coefficient (Wildman–Crippen LogP) is 4.35. The van der Waals surface area contributed by atoms with Gasteiger partial charge in [-0.1, -0.05) is 49.4 Å². The van der Waals surface area contributed by atoms with Crippen molar-refractivity contribution in [2.24, 2.45) is 23.2 Å². The minimum absolute atomic E-state index is 0.0439. The number of carbonyl (C=O) groups excluding carboxylic acids is 1. The molecule has 7 atom stereocenters. The van der Waals surface area contributed by atoms with Crippen molar-refractivity contribution in [3.63, 3.8) is 0 Å². The van der Waals surface area contributed by atoms with Crippen LogP contribution in [-0.4, -0.2) is 41.7 Å². The van der Waals surface area contributed by atoms with Gasteiger partial charge in [-0.25, -0.2) is 0 Å². The lowest BCUT2D eigenvalue weighted by Gasteiger charge is -2.50. The van der Waals surface area contributed by atoms with Crippen LogP contribution in [0.2, 0.25) is 0 Å². The lowest BCUT2D eigenvalue weighted by Crippen LogP contribution is -2.46. The number of carbonyl (C=O) groups is 1. The normalized spacial score (nSPS) is 36.3. The molecule has 3 aliphatic rings. The van der Waals surface area contributed by atoms with Crippen molar-refractivity contribution in [1.82, 2.24) is 4.90 Å². The van der Waals surface area contributed by atoms with Crippen LogP contribution < -0.4 is 0 Å². The molecule has 4 heteroatoms. The zero-order valence-corrected chi connectivity index (χ0v) is 18.0. The third-order valence-electron chi connectivity index (χ3n) is 8.10. The highest BCUT2D eigenvalue weighted by Gasteiger charge is 2.55. The largest absolute Gasteiger partial charge is 0.462 e. The Hall–Kier alpha value is -1.65. The van der Waals surface area contributed by atoms with Crippen molar-refractivity contribution in [3.8, 4) is 0 Å². The number of nitrogens with zero attached hydrogens (tertiary/aromatic N) is 1. The van der Waals surface area contributed by atoms with Gasteiger partial charge in [0.2, 0.25) is 0 Å². The maximum absolute atomic E-state index is 12.8. The summed E-state index contributed by atoms with van der Waals surface area (Å²) in [5, 5.41) is 10.8. The molecule has 1 saturated heterocycles. The predicted molar refractivity (Wildman–Crippen MR) is 114 cm³/mol. The van der Waals surface area contributed by atoms with E-state index in [1.165, 1.54) is 18.4 Å². The summed E-state index contributed by atoms with van der Waals surface area (Å²) >= 11 is 0. The number of rotatable bonds is 5. The molecule has 0 unspecified atom stereocenters. The number of hydrogen-bond donors (Lipinski definition) is 1. The second-order valence-electron chi connectivity index (χ2n) is 9.94. The summed E-state index contributed by atoms with van der Waals surface area (Å²) in [7, 11) is 2.00. The molecule has 0 bridgehead atoms. The van der Waals surface area contributed by atoms with Crippen LogP contribution in [0.4, 0.5) is 0 Å². The molecule has 1 heterocycles. The number of likely N-dealkylation sites (N-methyl/N-ethyl adjacent to an activating group) is 1. The van der Waals surface area contributed by atoms with E-state index in [1.807, 2.05) is 44.3 Å². The Balaban J connectivity index is 1.46. The Bertz CT molecular complexity index is 763. The molecule has 2 aliphatic carbocycles. The lowest BCUT2D eigenvalue weighted by molar-refractivity contribution is -0.146. The van der Waals surface area contributed by atoms with E-state index >= 15 is 0 Å². The van der Waals surface area contributed by atoms with Gasteiger partial charge >= 0.3 is 5.97 Å². The number of ether oxygens (including phenoxy) is 1. The summed E-state index contributed by atoms with van der Waals surface area (Å²) in [6.07, 6.45) is 4.98. The van der Waals surface area contributed by atoms with Gasteiger partial charge in [-0.2, -0.15) is 0 Å². The van der Waals surface area contributed by atoms with Crippen molar-refractivity contribution >= 4 is 5.97 Å². The third-order valence-corrected chi connectivity index (χ3v) is 8.10. The fourth-order valence-electron chi connectivity index (χ4n) is 6.11. The number of aliphatic hydroxyl groups is 1. The Kier molecular flexibility index (Phi) is 5.60. The minimum Gasteiger partial charge on any atom is -0.462 e. The Labute approximate surface area is 174 Å². The molecule has 1 aromatic rings. The second-order valence-corrected chi connectivity index (χ2v) is 9.94. The molecule has 1 N–H and O–H groups in total. The summed E-state index contributed by atoms with van der Waals surface area (Å²) in [6, 6.07) is 9.66. The van der Waals surface area contributed by atoms with Crippen LogP contribution in [0.25, 0.3) is 0 Å². The third kappa shape index (κ3) is 3.77. The summed E-state index contributed by atoms with van der Waals surface area (Å²) < 4.78 is 5.90. The molecule has 0 amide bonds. The molecule has 4 nitrogen and oxygen atoms in total. The van der Waals surface area contributed by atoms with Gasteiger partial charge in [-0.05, 0) is 63.0 Å². The summed E-state index contributed by atoms with van der Waals surface area (Å²) in [4.78, 5) is 14.9. The van der Waals surface area contributed by atoms with Crippen molar-refractivity contribution < 1.29 is 14.6 Å². The summed E-state index contributed by atoms with van der Waals surface area (Å²) in [6.45, 7) is 9.39. The zero-order valence-electron chi connectivity index (χ0n) is 18.0. The minimum atomic E-state index is -0.581. The van der Waals surface area contributed by atoms with Gasteiger partial charge in [-0.3, -0.25) is 9.69 Å². The van der Waals surface area contributed by atoms with Crippen LogP contribution in [0, 0.1) is 23.2 Å². The Morgan fingerprint density at radius 3 is 2.79 bits per heavy atom. The average Bonchev–Trinajstić information content (AvgIpc) is 2.99. The zero-order chi connectivity index (χ0) is 20.8. The molecule has 158 valence electrons. The molecule has 1 aliphatic heterocycles. The van der Waals surface area contributed by atoms with Crippen molar-refractivity contribution in [3.05, 3.63) is 48.0 Å². The highest BCUT2D eigenvalue weighted by Crippen LogP contribution is 2.57. The van der Waals surface area contributed by atoms with E-state index in [4.69, 9.17) is 4.74 Å². The van der Waals surface area contributed by atoms with Crippen molar-refractivity contribution in [2.45, 2.75) is 64.2 Å². The van der Waals surface area contributed by atoms with Gasteiger partial charge < -0.3 is 9.84 Å². The van der Waals surface area contributed by atoms with E-state index < -0.39 is 6.10 Å². The highest BCUT2D eigenvalue weighted by atomic mass is 16.6. The second kappa shape index (κ2) is 7.88. The monoisotopic (exact) mass is 397 g/mol. The van der Waals surface area contributed by atoms with E-state index in [0.717, 1.165) is 24.8 Å². The Morgan fingerprint density at radius 2 is 2.07 bits per heavy atom. The van der Waals surface area contributed by atoms with Gasteiger partial charge in [0.1, 0.15) is 6.10 Å². The summed E-state index contributed by atoms with van der Waals surface area (Å²) in [5.41, 5.74) is 2.51. The topological polar surface area (TPSA) is 49.8 Å². The van der Waals surface area contributed by atoms with Crippen LogP contribution in [-0.2, 0) is 9.53 Å². The first kappa shape index (κ1) is 20.6. The van der Waals surface area contributed by atoms with E-state index in [0.29, 0.717) is 12.5 Å². The van der Waals surface area contributed by atoms with E-state index in [9.17, 15) is 9.90 Å². The van der Waals surface area contributed by atoms with Crippen LogP contribution in [0.3, 0.4) is 0 Å². The van der Waals surface area contributed by atoms with Crippen LogP contribution in [0.15, 0.2) is 42.5 Å². The number of aliphatic hydroxyl groups excluding tert-OH is 1. The quantitative estimate of drug-likeness (QED) is 0.593. The number of fused-ring (bicyclic) bond motifs is 2. The smallest absolute Gasteiger partial charge is 0.310 e. The standard InChI is InChI=1S/C25H35NO3/c1-16-9-8-12-25(3)14-22-19(13-21(16)25)20(24(28)29-22)15-26(4)17(2)23(27)18-10-6-5-7-11-18/h5-7,10-11,17,19-23,27H,1,8-9,12-15H2,2-4H3/t17-,19-,20-,21+,22+,23+,25+/m0/s1. The van der Waals surface area contributed by atoms with E-state index in [2.05, 4.69) is 18.4 Å². The molecular formula is C25H35NO3. The van der Waals surface area contributed by atoms with E-state index in [1.54, 1.807) is 0 Å². The SMILES string of the molecule is C=C1CCC[C@]2(C)C[C@H]3OC(=O)[C@@H](CN(C)[C@@H](C)[C@@H](O)c4ccccc4)[C@@H]3C[C@H]12. The molecule has 1 aromatic carbocycles. The first-order valence-corrected chi connectivity index (χ1v) is 11.1. The van der Waals surface area contributed by atoms with E-state index in [-0.39, 0.29) is 35.4 Å². The van der Waals surface area contributed by atoms with Gasteiger partial charge in [0.25, 0.3) is 0 Å². The molecule has 0 radical (unpaired) electrons. The van der Waals surface area contributed by atoms with Crippen molar-refractivity contribution in [1.29, 1.82) is 0 Å². The number of benzene rings is 1. The van der Waals surface area contributed by atoms with Crippen LogP contribution in [0.1, 0.15) is 57.6 Å². The van der Waals surface area contributed by atoms with Crippen molar-refractivity contribution in [2.75, 3.05) is 13.6 Å². The first-order chi connectivity index (χ1) is 13.8. The van der Waals surface area contributed by atoms with Gasteiger partial charge in [0, 0.05) is 18.5 Å². The van der Waals surface area contributed by atoms with Gasteiger partial charge in [0.05, 0.1) is 12.0 Å². The van der Waals surface area contributed by atoms with Crippen LogP contribution >= 0.6 is 0 Å². The fraction of sp³-hybridized carbons (Fsp3) is 0.640. The Morgan fingerprint density at radius 1 is 1.34 bits per heavy atom. The fourth-order valence-corrected chi connectivity index (χ4v) is 6.11. The summed E-state index contributed by atoms with van der Waals surface area (Å²) in [5.74, 6) is 0.599. The average molecular weight is 398 g/mol. The molecule has 0 spiro atoms. The molecule has 4 rings (SSSR count). The maximum atomic E-state index is 12.8. The number of esters is 1.